The molecule has 58 heavy (non-hydrogen) atoms. The van der Waals surface area contributed by atoms with Gasteiger partial charge in [0.2, 0.25) is 0 Å². The number of nitrogens with zero attached hydrogens (tertiary/aromatic N) is 3. The van der Waals surface area contributed by atoms with Gasteiger partial charge in [0.25, 0.3) is 0 Å². The zero-order chi connectivity index (χ0) is 38.8. The maximum Gasteiger partial charge on any atom is 0.160 e. The lowest BCUT2D eigenvalue weighted by Crippen LogP contribution is -2.14. The Kier molecular flexibility index (Phi) is 7.84. The quantitative estimate of drug-likeness (QED) is 0.170. The zero-order valence-electron chi connectivity index (χ0n) is 32.4. The minimum atomic E-state index is -0.0248. The van der Waals surface area contributed by atoms with Gasteiger partial charge in [-0.15, -0.1) is 0 Å². The Morgan fingerprint density at radius 3 is 1.66 bits per heavy atom. The first-order chi connectivity index (χ1) is 28.5. The van der Waals surface area contributed by atoms with Gasteiger partial charge in [0.15, 0.2) is 5.82 Å². The molecular weight excluding hydrogens is 703 g/mol. The van der Waals surface area contributed by atoms with Crippen LogP contribution in [0, 0.1) is 0 Å². The molecule has 0 unspecified atom stereocenters. The summed E-state index contributed by atoms with van der Waals surface area (Å²) < 4.78 is 2.41. The lowest BCUT2D eigenvalue weighted by Gasteiger charge is -2.21. The topological polar surface area (TPSA) is 30.7 Å². The maximum absolute atomic E-state index is 5.20. The molecular formula is C55H39N3. The third-order valence-corrected chi connectivity index (χ3v) is 12.0. The molecule has 1 aliphatic carbocycles. The van der Waals surface area contributed by atoms with Crippen LogP contribution in [0.3, 0.4) is 0 Å². The van der Waals surface area contributed by atoms with Crippen molar-refractivity contribution in [3.8, 4) is 73.0 Å². The summed E-state index contributed by atoms with van der Waals surface area (Å²) in [4.78, 5) is 10.3. The van der Waals surface area contributed by atoms with Crippen LogP contribution in [0.2, 0.25) is 0 Å². The van der Waals surface area contributed by atoms with Gasteiger partial charge in [-0.3, -0.25) is 0 Å². The highest BCUT2D eigenvalue weighted by molar-refractivity contribution is 6.11. The van der Waals surface area contributed by atoms with E-state index in [-0.39, 0.29) is 5.41 Å². The molecule has 0 amide bonds. The fraction of sp³-hybridized carbons (Fsp3) is 0.0545. The monoisotopic (exact) mass is 741 g/mol. The van der Waals surface area contributed by atoms with Crippen molar-refractivity contribution in [2.45, 2.75) is 19.3 Å². The first kappa shape index (κ1) is 33.9. The van der Waals surface area contributed by atoms with E-state index in [4.69, 9.17) is 9.97 Å². The van der Waals surface area contributed by atoms with Gasteiger partial charge in [-0.25, -0.2) is 9.97 Å². The minimum absolute atomic E-state index is 0.0248. The van der Waals surface area contributed by atoms with Crippen LogP contribution in [0.1, 0.15) is 25.0 Å². The Balaban J connectivity index is 1.10. The second kappa shape index (κ2) is 13.4. The molecule has 274 valence electrons. The number of aromatic nitrogens is 3. The molecule has 0 N–H and O–H groups in total. The van der Waals surface area contributed by atoms with Crippen LogP contribution in [-0.2, 0) is 5.41 Å². The summed E-state index contributed by atoms with van der Waals surface area (Å²) in [5, 5.41) is 2.41. The molecule has 2 aromatic heterocycles. The van der Waals surface area contributed by atoms with Crippen LogP contribution in [0.4, 0.5) is 0 Å². The lowest BCUT2D eigenvalue weighted by atomic mass is 9.82. The SMILES string of the molecule is CC1(C)c2ccccc2-c2cc(-c3ccc4c(c3)c3ccc(-c5cc(-c6ccccc6)nc(-c6ccccc6)n5)cc3n4-c3ccc(-c4ccccc4)cc3)ccc21. The molecule has 10 aromatic rings. The molecule has 3 nitrogen and oxygen atoms in total. The first-order valence-corrected chi connectivity index (χ1v) is 20.0. The smallest absolute Gasteiger partial charge is 0.160 e. The van der Waals surface area contributed by atoms with Gasteiger partial charge in [0.05, 0.1) is 22.4 Å². The average molecular weight is 742 g/mol. The fourth-order valence-corrected chi connectivity index (χ4v) is 9.04. The van der Waals surface area contributed by atoms with Crippen LogP contribution < -0.4 is 0 Å². The highest BCUT2D eigenvalue weighted by Crippen LogP contribution is 2.50. The average Bonchev–Trinajstić information content (AvgIpc) is 3.74. The fourth-order valence-electron chi connectivity index (χ4n) is 9.04. The molecule has 0 radical (unpaired) electrons. The summed E-state index contributed by atoms with van der Waals surface area (Å²) in [5.41, 5.74) is 18.5. The standard InChI is InChI=1S/C55H39N3/c1-55(2)48-21-13-12-20-44(48)46-32-40(25-30-49(46)55)41-26-31-52-47(33-41)45-29-24-42(34-53(45)58(52)43-27-22-37(23-28-43)36-14-6-3-7-15-36)51-35-50(38-16-8-4-9-17-38)56-54(57-51)39-18-10-5-11-19-39/h3-35H,1-2H3. The summed E-state index contributed by atoms with van der Waals surface area (Å²) >= 11 is 0. The zero-order valence-corrected chi connectivity index (χ0v) is 32.4. The van der Waals surface area contributed by atoms with Crippen LogP contribution in [-0.4, -0.2) is 14.5 Å². The van der Waals surface area contributed by atoms with Crippen molar-refractivity contribution >= 4 is 21.8 Å². The van der Waals surface area contributed by atoms with Gasteiger partial charge >= 0.3 is 0 Å². The van der Waals surface area contributed by atoms with E-state index < -0.39 is 0 Å². The molecule has 0 spiro atoms. The van der Waals surface area contributed by atoms with Crippen molar-refractivity contribution in [2.75, 3.05) is 0 Å². The van der Waals surface area contributed by atoms with Crippen molar-refractivity contribution < 1.29 is 0 Å². The third-order valence-electron chi connectivity index (χ3n) is 12.0. The van der Waals surface area contributed by atoms with Crippen LogP contribution in [0.5, 0.6) is 0 Å². The van der Waals surface area contributed by atoms with Crippen LogP contribution in [0.25, 0.3) is 94.8 Å². The molecule has 1 aliphatic rings. The van der Waals surface area contributed by atoms with E-state index in [1.54, 1.807) is 0 Å². The Bertz CT molecular complexity index is 3100. The van der Waals surface area contributed by atoms with E-state index in [0.717, 1.165) is 44.8 Å². The van der Waals surface area contributed by atoms with E-state index in [0.29, 0.717) is 5.82 Å². The number of hydrogen-bond acceptors (Lipinski definition) is 2. The first-order valence-electron chi connectivity index (χ1n) is 20.0. The van der Waals surface area contributed by atoms with Crippen molar-refractivity contribution in [3.05, 3.63) is 211 Å². The molecule has 0 aliphatic heterocycles. The van der Waals surface area contributed by atoms with Gasteiger partial charge in [-0.2, -0.15) is 0 Å². The molecule has 0 saturated carbocycles. The van der Waals surface area contributed by atoms with Gasteiger partial charge < -0.3 is 4.57 Å². The second-order valence-electron chi connectivity index (χ2n) is 15.8. The molecule has 0 atom stereocenters. The summed E-state index contributed by atoms with van der Waals surface area (Å²) in [6.07, 6.45) is 0. The summed E-state index contributed by atoms with van der Waals surface area (Å²) in [7, 11) is 0. The van der Waals surface area contributed by atoms with E-state index in [1.165, 1.54) is 55.3 Å². The molecule has 0 fully saturated rings. The molecule has 8 aromatic carbocycles. The summed E-state index contributed by atoms with van der Waals surface area (Å²) in [6, 6.07) is 72.0. The van der Waals surface area contributed by atoms with E-state index in [9.17, 15) is 0 Å². The van der Waals surface area contributed by atoms with Gasteiger partial charge in [-0.05, 0) is 87.0 Å². The Hall–Kier alpha value is -7.36. The summed E-state index contributed by atoms with van der Waals surface area (Å²) in [6.45, 7) is 4.68. The van der Waals surface area contributed by atoms with E-state index in [1.807, 2.05) is 24.3 Å². The predicted molar refractivity (Wildman–Crippen MR) is 241 cm³/mol. The third kappa shape index (κ3) is 5.58. The normalized spacial score (nSPS) is 12.8. The molecule has 0 bridgehead atoms. The highest BCUT2D eigenvalue weighted by Gasteiger charge is 2.35. The second-order valence-corrected chi connectivity index (χ2v) is 15.8. The van der Waals surface area contributed by atoms with E-state index >= 15 is 0 Å². The predicted octanol–water partition coefficient (Wildman–Crippen LogP) is 14.2. The lowest BCUT2D eigenvalue weighted by molar-refractivity contribution is 0.660. The molecule has 11 rings (SSSR count). The summed E-state index contributed by atoms with van der Waals surface area (Å²) in [5.74, 6) is 0.707. The number of benzene rings is 8. The minimum Gasteiger partial charge on any atom is -0.309 e. The molecule has 2 heterocycles. The van der Waals surface area contributed by atoms with Crippen LogP contribution >= 0.6 is 0 Å². The Labute approximate surface area is 338 Å². The Morgan fingerprint density at radius 1 is 0.362 bits per heavy atom. The van der Waals surface area contributed by atoms with Crippen molar-refractivity contribution in [1.82, 2.24) is 14.5 Å². The van der Waals surface area contributed by atoms with Crippen molar-refractivity contribution in [3.63, 3.8) is 0 Å². The van der Waals surface area contributed by atoms with Crippen molar-refractivity contribution in [1.29, 1.82) is 0 Å². The number of hydrogen-bond donors (Lipinski definition) is 0. The van der Waals surface area contributed by atoms with Gasteiger partial charge in [-0.1, -0.05) is 172 Å². The highest BCUT2D eigenvalue weighted by atomic mass is 15.0. The van der Waals surface area contributed by atoms with E-state index in [2.05, 4.69) is 194 Å². The number of fused-ring (bicyclic) bond motifs is 6. The van der Waals surface area contributed by atoms with Crippen LogP contribution in [0.15, 0.2) is 200 Å². The number of rotatable bonds is 6. The van der Waals surface area contributed by atoms with Gasteiger partial charge in [0, 0.05) is 38.6 Å². The molecule has 3 heteroatoms. The maximum atomic E-state index is 5.20. The van der Waals surface area contributed by atoms with Crippen molar-refractivity contribution in [2.24, 2.45) is 0 Å². The molecule has 0 saturated heterocycles. The largest absolute Gasteiger partial charge is 0.309 e. The Morgan fingerprint density at radius 2 is 0.914 bits per heavy atom. The van der Waals surface area contributed by atoms with Gasteiger partial charge in [0.1, 0.15) is 0 Å².